The lowest BCUT2D eigenvalue weighted by atomic mass is 9.87. The molecule has 1 aromatic carbocycles. The minimum Gasteiger partial charge on any atom is -0.312 e. The molecule has 0 aliphatic carbocycles. The number of benzene rings is 1. The van der Waals surface area contributed by atoms with Crippen LogP contribution in [0.1, 0.15) is 23.5 Å². The van der Waals surface area contributed by atoms with Crippen LogP contribution >= 0.6 is 11.6 Å². The zero-order valence-electron chi connectivity index (χ0n) is 12.1. The van der Waals surface area contributed by atoms with Gasteiger partial charge in [-0.2, -0.15) is 0 Å². The molecule has 0 fully saturated rings. The Bertz CT molecular complexity index is 898. The van der Waals surface area contributed by atoms with Crippen molar-refractivity contribution in [2.75, 3.05) is 5.32 Å². The third kappa shape index (κ3) is 2.16. The molecule has 114 valence electrons. The van der Waals surface area contributed by atoms with Crippen molar-refractivity contribution in [1.82, 2.24) is 9.13 Å². The summed E-state index contributed by atoms with van der Waals surface area (Å²) in [6, 6.07) is 7.06. The summed E-state index contributed by atoms with van der Waals surface area (Å²) in [5, 5.41) is 3.16. The van der Waals surface area contributed by atoms with Crippen LogP contribution in [-0.2, 0) is 18.9 Å². The van der Waals surface area contributed by atoms with Crippen LogP contribution < -0.4 is 16.6 Å². The van der Waals surface area contributed by atoms with Gasteiger partial charge in [-0.3, -0.25) is 18.7 Å². The molecule has 0 unspecified atom stereocenters. The Kier molecular flexibility index (Phi) is 3.41. The zero-order valence-corrected chi connectivity index (χ0v) is 12.8. The molecule has 1 amide bonds. The van der Waals surface area contributed by atoms with E-state index in [0.717, 1.165) is 10.1 Å². The lowest BCUT2D eigenvalue weighted by Gasteiger charge is -2.27. The summed E-state index contributed by atoms with van der Waals surface area (Å²) in [5.74, 6) is -0.400. The van der Waals surface area contributed by atoms with Gasteiger partial charge in [0.15, 0.2) is 0 Å². The van der Waals surface area contributed by atoms with Gasteiger partial charge in [-0.15, -0.1) is 0 Å². The van der Waals surface area contributed by atoms with Crippen LogP contribution in [0.4, 0.5) is 5.82 Å². The van der Waals surface area contributed by atoms with E-state index in [1.807, 2.05) is 6.07 Å². The minimum absolute atomic E-state index is 0.140. The molecular formula is C15H14ClN3O3. The maximum atomic E-state index is 12.5. The molecule has 0 saturated heterocycles. The van der Waals surface area contributed by atoms with Gasteiger partial charge in [0.1, 0.15) is 5.82 Å². The van der Waals surface area contributed by atoms with E-state index in [9.17, 15) is 14.4 Å². The Morgan fingerprint density at radius 1 is 1.18 bits per heavy atom. The number of fused-ring (bicyclic) bond motifs is 1. The third-order valence-electron chi connectivity index (χ3n) is 3.95. The molecule has 1 aliphatic rings. The molecule has 0 bridgehead atoms. The molecule has 6 nitrogen and oxygen atoms in total. The van der Waals surface area contributed by atoms with E-state index >= 15 is 0 Å². The monoisotopic (exact) mass is 319 g/mol. The number of rotatable bonds is 1. The van der Waals surface area contributed by atoms with E-state index in [1.165, 1.54) is 18.7 Å². The first-order valence-electron chi connectivity index (χ1n) is 6.75. The van der Waals surface area contributed by atoms with Crippen LogP contribution in [0, 0.1) is 0 Å². The number of halogens is 1. The second-order valence-electron chi connectivity index (χ2n) is 5.33. The summed E-state index contributed by atoms with van der Waals surface area (Å²) in [6.07, 6.45) is 0.140. The minimum atomic E-state index is -0.476. The summed E-state index contributed by atoms with van der Waals surface area (Å²) in [7, 11) is 2.96. The number of amides is 1. The lowest BCUT2D eigenvalue weighted by Crippen LogP contribution is -2.44. The van der Waals surface area contributed by atoms with Crippen molar-refractivity contribution in [2.24, 2.45) is 14.1 Å². The lowest BCUT2D eigenvalue weighted by molar-refractivity contribution is -0.116. The van der Waals surface area contributed by atoms with Crippen molar-refractivity contribution in [3.63, 3.8) is 0 Å². The summed E-state index contributed by atoms with van der Waals surface area (Å²) in [4.78, 5) is 36.5. The van der Waals surface area contributed by atoms with Crippen LogP contribution in [0.2, 0.25) is 5.02 Å². The second kappa shape index (κ2) is 5.14. The summed E-state index contributed by atoms with van der Waals surface area (Å²) >= 11 is 6.02. The highest BCUT2D eigenvalue weighted by atomic mass is 35.5. The number of hydrogen-bond acceptors (Lipinski definition) is 3. The predicted octanol–water partition coefficient (Wildman–Crippen LogP) is 1.21. The van der Waals surface area contributed by atoms with Crippen LogP contribution in [-0.4, -0.2) is 15.0 Å². The van der Waals surface area contributed by atoms with E-state index in [-0.39, 0.29) is 18.1 Å². The van der Waals surface area contributed by atoms with Gasteiger partial charge in [0.2, 0.25) is 5.91 Å². The number of carbonyl (C=O) groups is 1. The van der Waals surface area contributed by atoms with E-state index in [0.29, 0.717) is 10.6 Å². The standard InChI is InChI=1S/C15H14ClN3O3/c1-18-13-12(14(21)19(2)15(18)22)10(7-11(20)17-13)8-4-3-5-9(16)6-8/h3-6,10H,7H2,1-2H3,(H,17,20)/t10-/m0/s1. The number of anilines is 1. The van der Waals surface area contributed by atoms with Crippen molar-refractivity contribution in [3.05, 3.63) is 61.3 Å². The molecule has 1 aromatic heterocycles. The molecule has 22 heavy (non-hydrogen) atoms. The van der Waals surface area contributed by atoms with Gasteiger partial charge >= 0.3 is 5.69 Å². The maximum absolute atomic E-state index is 12.5. The summed E-state index contributed by atoms with van der Waals surface area (Å²) in [5.41, 5.74) is 0.310. The predicted molar refractivity (Wildman–Crippen MR) is 83.5 cm³/mol. The van der Waals surface area contributed by atoms with Gasteiger partial charge in [-0.1, -0.05) is 23.7 Å². The van der Waals surface area contributed by atoms with Crippen LogP contribution in [0.15, 0.2) is 33.9 Å². The first kappa shape index (κ1) is 14.6. The average Bonchev–Trinajstić information content (AvgIpc) is 2.50. The molecule has 3 rings (SSSR count). The van der Waals surface area contributed by atoms with Gasteiger partial charge in [0.05, 0.1) is 5.56 Å². The van der Waals surface area contributed by atoms with Crippen molar-refractivity contribution in [2.45, 2.75) is 12.3 Å². The van der Waals surface area contributed by atoms with Gasteiger partial charge in [-0.05, 0) is 17.7 Å². The topological polar surface area (TPSA) is 73.1 Å². The fourth-order valence-electron chi connectivity index (χ4n) is 2.81. The van der Waals surface area contributed by atoms with E-state index in [4.69, 9.17) is 11.6 Å². The highest BCUT2D eigenvalue weighted by molar-refractivity contribution is 6.30. The molecule has 1 atom stereocenters. The largest absolute Gasteiger partial charge is 0.332 e. The summed E-state index contributed by atoms with van der Waals surface area (Å²) < 4.78 is 2.33. The zero-order chi connectivity index (χ0) is 16.0. The molecule has 1 N–H and O–H groups in total. The Balaban J connectivity index is 2.33. The Labute approximate surface area is 131 Å². The van der Waals surface area contributed by atoms with E-state index in [2.05, 4.69) is 5.32 Å². The van der Waals surface area contributed by atoms with Gasteiger partial charge < -0.3 is 5.32 Å². The number of carbonyl (C=O) groups excluding carboxylic acids is 1. The molecule has 0 spiro atoms. The van der Waals surface area contributed by atoms with Crippen LogP contribution in [0.5, 0.6) is 0 Å². The van der Waals surface area contributed by atoms with Gasteiger partial charge in [0.25, 0.3) is 5.56 Å². The quantitative estimate of drug-likeness (QED) is 0.858. The van der Waals surface area contributed by atoms with Crippen molar-refractivity contribution < 1.29 is 4.79 Å². The van der Waals surface area contributed by atoms with Crippen molar-refractivity contribution >= 4 is 23.3 Å². The van der Waals surface area contributed by atoms with Crippen LogP contribution in [0.25, 0.3) is 0 Å². The van der Waals surface area contributed by atoms with E-state index < -0.39 is 17.2 Å². The maximum Gasteiger partial charge on any atom is 0.332 e. The molecule has 2 aromatic rings. The SMILES string of the molecule is Cn1c2c(c(=O)n(C)c1=O)[C@H](c1cccc(Cl)c1)CC(=O)N2. The van der Waals surface area contributed by atoms with Crippen LogP contribution in [0.3, 0.4) is 0 Å². The van der Waals surface area contributed by atoms with Crippen molar-refractivity contribution in [3.8, 4) is 0 Å². The summed E-state index contributed by atoms with van der Waals surface area (Å²) in [6.45, 7) is 0. The van der Waals surface area contributed by atoms with Gasteiger partial charge in [0, 0.05) is 31.5 Å². The highest BCUT2D eigenvalue weighted by Crippen LogP contribution is 2.34. The van der Waals surface area contributed by atoms with E-state index in [1.54, 1.807) is 18.2 Å². The molecule has 2 heterocycles. The average molecular weight is 320 g/mol. The highest BCUT2D eigenvalue weighted by Gasteiger charge is 2.32. The fourth-order valence-corrected chi connectivity index (χ4v) is 3.01. The third-order valence-corrected chi connectivity index (χ3v) is 4.18. The smallest absolute Gasteiger partial charge is 0.312 e. The first-order valence-corrected chi connectivity index (χ1v) is 7.13. The normalized spacial score (nSPS) is 17.0. The number of hydrogen-bond donors (Lipinski definition) is 1. The Morgan fingerprint density at radius 2 is 1.91 bits per heavy atom. The fraction of sp³-hybridized carbons (Fsp3) is 0.267. The molecular weight excluding hydrogens is 306 g/mol. The van der Waals surface area contributed by atoms with Crippen molar-refractivity contribution in [1.29, 1.82) is 0 Å². The number of aromatic nitrogens is 2. The second-order valence-corrected chi connectivity index (χ2v) is 5.76. The Hall–Kier alpha value is -2.34. The molecule has 1 aliphatic heterocycles. The Morgan fingerprint density at radius 3 is 2.59 bits per heavy atom. The first-order chi connectivity index (χ1) is 10.4. The van der Waals surface area contributed by atoms with Gasteiger partial charge in [-0.25, -0.2) is 4.79 Å². The number of nitrogens with zero attached hydrogens (tertiary/aromatic N) is 2. The molecule has 0 radical (unpaired) electrons. The molecule has 7 heteroatoms. The molecule has 0 saturated carbocycles. The number of nitrogens with one attached hydrogen (secondary N) is 1.